The Bertz CT molecular complexity index is 64.0. The minimum Gasteiger partial charge on any atom is -0.373 e. The van der Waals surface area contributed by atoms with E-state index in [1.807, 2.05) is 0 Å². The Balaban J connectivity index is 1.97. The first-order valence-corrected chi connectivity index (χ1v) is 6.49. The van der Waals surface area contributed by atoms with Gasteiger partial charge in [-0.2, -0.15) is 22.2 Å². The van der Waals surface area contributed by atoms with Crippen LogP contribution in [0.25, 0.3) is 0 Å². The van der Waals surface area contributed by atoms with E-state index < -0.39 is 7.42 Å². The molecule has 1 aliphatic heterocycles. The first-order valence-electron chi connectivity index (χ1n) is 2.19. The van der Waals surface area contributed by atoms with E-state index in [4.69, 9.17) is 26.9 Å². The van der Waals surface area contributed by atoms with Gasteiger partial charge in [0.05, 0.1) is 12.7 Å². The Morgan fingerprint density at radius 1 is 1.71 bits per heavy atom. The van der Waals surface area contributed by atoms with Crippen LogP contribution in [0, 0.1) is 0 Å². The van der Waals surface area contributed by atoms with Gasteiger partial charge in [-0.15, -0.1) is 0 Å². The van der Waals surface area contributed by atoms with Crippen LogP contribution in [0.1, 0.15) is 0 Å². The fourth-order valence-electron chi connectivity index (χ4n) is 0.403. The van der Waals surface area contributed by atoms with E-state index in [2.05, 4.69) is 0 Å². The Labute approximate surface area is 53.6 Å². The molecule has 0 bridgehead atoms. The van der Waals surface area contributed by atoms with E-state index in [0.29, 0.717) is 6.10 Å². The molecule has 0 aliphatic carbocycles. The number of halogens is 2. The number of hydrogen-bond donors (Lipinski definition) is 0. The van der Waals surface area contributed by atoms with Crippen molar-refractivity contribution in [3.63, 3.8) is 0 Å². The molecule has 1 fully saturated rings. The molecular formula is C3H6Cl2OSi. The van der Waals surface area contributed by atoms with E-state index in [0.717, 1.165) is 12.7 Å². The molecule has 1 unspecified atom stereocenters. The average molecular weight is 157 g/mol. The van der Waals surface area contributed by atoms with Gasteiger partial charge in [0.25, 0.3) is 0 Å². The summed E-state index contributed by atoms with van der Waals surface area (Å²) in [5, 5.41) is 0. The Kier molecular flexibility index (Phi) is 1.98. The molecule has 1 aliphatic rings. The van der Waals surface area contributed by atoms with Crippen LogP contribution in [0.3, 0.4) is 0 Å². The summed E-state index contributed by atoms with van der Waals surface area (Å²) in [5.74, 6) is 0. The van der Waals surface area contributed by atoms with Crippen molar-refractivity contribution < 1.29 is 4.74 Å². The molecule has 1 nitrogen and oxygen atoms in total. The molecule has 0 N–H and O–H groups in total. The summed E-state index contributed by atoms with van der Waals surface area (Å²) in [5.41, 5.74) is 0. The lowest BCUT2D eigenvalue weighted by Crippen LogP contribution is -1.96. The monoisotopic (exact) mass is 156 g/mol. The van der Waals surface area contributed by atoms with Crippen LogP contribution in [0.15, 0.2) is 0 Å². The predicted molar refractivity (Wildman–Crippen MR) is 33.4 cm³/mol. The zero-order chi connectivity index (χ0) is 5.28. The van der Waals surface area contributed by atoms with Crippen molar-refractivity contribution in [2.45, 2.75) is 12.1 Å². The van der Waals surface area contributed by atoms with Crippen LogP contribution in [-0.4, -0.2) is 20.1 Å². The second-order valence-electron chi connectivity index (χ2n) is 1.58. The molecule has 1 atom stereocenters. The molecule has 0 spiro atoms. The third-order valence-electron chi connectivity index (χ3n) is 0.843. The van der Waals surface area contributed by atoms with Gasteiger partial charge in [-0.3, -0.25) is 0 Å². The van der Waals surface area contributed by atoms with Crippen molar-refractivity contribution in [2.24, 2.45) is 0 Å². The highest BCUT2D eigenvalue weighted by molar-refractivity contribution is 7.33. The van der Waals surface area contributed by atoms with Gasteiger partial charge in [0, 0.05) is 0 Å². The van der Waals surface area contributed by atoms with Crippen LogP contribution in [0.2, 0.25) is 6.04 Å². The van der Waals surface area contributed by atoms with Crippen molar-refractivity contribution >= 4 is 29.6 Å². The second-order valence-corrected chi connectivity index (χ2v) is 6.67. The number of ether oxygens (including phenoxy) is 1. The number of epoxide rings is 1. The molecule has 0 radical (unpaired) electrons. The lowest BCUT2D eigenvalue weighted by Gasteiger charge is -1.88. The van der Waals surface area contributed by atoms with Crippen molar-refractivity contribution in [3.05, 3.63) is 0 Å². The first-order chi connectivity index (χ1) is 3.29. The SMILES string of the molecule is Cl[SiH](Cl)CC1CO1. The second kappa shape index (κ2) is 2.35. The molecule has 1 rings (SSSR count). The number of hydrogen-bond acceptors (Lipinski definition) is 1. The zero-order valence-electron chi connectivity index (χ0n) is 3.73. The van der Waals surface area contributed by atoms with Crippen molar-refractivity contribution in [1.82, 2.24) is 0 Å². The molecule has 0 aromatic carbocycles. The molecular weight excluding hydrogens is 151 g/mol. The maximum atomic E-state index is 5.54. The summed E-state index contributed by atoms with van der Waals surface area (Å²) in [4.78, 5) is 0. The van der Waals surface area contributed by atoms with E-state index in [-0.39, 0.29) is 0 Å². The summed E-state index contributed by atoms with van der Waals surface area (Å²) in [6.45, 7) is 0.878. The van der Waals surface area contributed by atoms with Crippen LogP contribution in [-0.2, 0) is 4.74 Å². The molecule has 0 aromatic rings. The summed E-state index contributed by atoms with van der Waals surface area (Å²) in [7, 11) is -1.35. The molecule has 1 heterocycles. The lowest BCUT2D eigenvalue weighted by molar-refractivity contribution is 0.423. The maximum absolute atomic E-state index is 5.54. The van der Waals surface area contributed by atoms with Gasteiger partial charge in [0.1, 0.15) is 0 Å². The Morgan fingerprint density at radius 3 is 2.43 bits per heavy atom. The van der Waals surface area contributed by atoms with Crippen molar-refractivity contribution in [3.8, 4) is 0 Å². The quantitative estimate of drug-likeness (QED) is 0.332. The Hall–Kier alpha value is 0.757. The molecule has 1 saturated heterocycles. The summed E-state index contributed by atoms with van der Waals surface area (Å²) < 4.78 is 4.89. The minimum absolute atomic E-state index is 0.423. The fourth-order valence-corrected chi connectivity index (χ4v) is 2.26. The van der Waals surface area contributed by atoms with E-state index in [9.17, 15) is 0 Å². The fraction of sp³-hybridized carbons (Fsp3) is 1.00. The molecule has 42 valence electrons. The molecule has 0 amide bonds. The predicted octanol–water partition coefficient (Wildman–Crippen LogP) is 1.08. The maximum Gasteiger partial charge on any atom is 0.239 e. The first kappa shape index (κ1) is 5.89. The highest BCUT2D eigenvalue weighted by Gasteiger charge is 2.25. The Morgan fingerprint density at radius 2 is 2.29 bits per heavy atom. The third kappa shape index (κ3) is 2.54. The normalized spacial score (nSPS) is 28.7. The van der Waals surface area contributed by atoms with Gasteiger partial charge in [-0.25, -0.2) is 0 Å². The smallest absolute Gasteiger partial charge is 0.239 e. The highest BCUT2D eigenvalue weighted by Crippen LogP contribution is 2.19. The van der Waals surface area contributed by atoms with Crippen molar-refractivity contribution in [1.29, 1.82) is 0 Å². The summed E-state index contributed by atoms with van der Waals surface area (Å²) >= 11 is 11.1. The van der Waals surface area contributed by atoms with Crippen LogP contribution in [0.4, 0.5) is 0 Å². The summed E-state index contributed by atoms with van der Waals surface area (Å²) in [6, 6.07) is 0.920. The van der Waals surface area contributed by atoms with E-state index in [1.165, 1.54) is 0 Å². The lowest BCUT2D eigenvalue weighted by atomic mass is 10.6. The highest BCUT2D eigenvalue weighted by atomic mass is 35.7. The number of rotatable bonds is 2. The largest absolute Gasteiger partial charge is 0.373 e. The van der Waals surface area contributed by atoms with Gasteiger partial charge in [0.2, 0.25) is 7.42 Å². The van der Waals surface area contributed by atoms with Crippen molar-refractivity contribution in [2.75, 3.05) is 6.61 Å². The summed E-state index contributed by atoms with van der Waals surface area (Å²) in [6.07, 6.45) is 0.423. The van der Waals surface area contributed by atoms with Crippen LogP contribution >= 0.6 is 22.2 Å². The van der Waals surface area contributed by atoms with Gasteiger partial charge < -0.3 is 4.74 Å². The molecule has 7 heavy (non-hydrogen) atoms. The average Bonchev–Trinajstić information content (AvgIpc) is 2.17. The standard InChI is InChI=1S/C3H6Cl2OSi/c4-7(5)2-3-1-6-3/h3,7H,1-2H2. The zero-order valence-corrected chi connectivity index (χ0v) is 6.40. The molecule has 0 aromatic heterocycles. The van der Waals surface area contributed by atoms with Gasteiger partial charge in [-0.05, 0) is 6.04 Å². The topological polar surface area (TPSA) is 12.5 Å². The molecule has 0 saturated carbocycles. The third-order valence-corrected chi connectivity index (χ3v) is 2.79. The van der Waals surface area contributed by atoms with Crippen LogP contribution in [0.5, 0.6) is 0 Å². The van der Waals surface area contributed by atoms with Gasteiger partial charge in [-0.1, -0.05) is 0 Å². The molecule has 4 heteroatoms. The van der Waals surface area contributed by atoms with Crippen LogP contribution < -0.4 is 0 Å². The minimum atomic E-state index is -1.35. The van der Waals surface area contributed by atoms with Gasteiger partial charge in [0.15, 0.2) is 0 Å². The van der Waals surface area contributed by atoms with E-state index >= 15 is 0 Å². The van der Waals surface area contributed by atoms with E-state index in [1.54, 1.807) is 0 Å². The van der Waals surface area contributed by atoms with Gasteiger partial charge >= 0.3 is 0 Å².